The first-order valence-corrected chi connectivity index (χ1v) is 10.6. The van der Waals surface area contributed by atoms with Crippen molar-refractivity contribution in [2.75, 3.05) is 39.9 Å². The van der Waals surface area contributed by atoms with Crippen LogP contribution < -0.4 is 0 Å². The molecule has 3 aliphatic rings. The average molecular weight is 365 g/mol. The Balaban J connectivity index is 1.37. The van der Waals surface area contributed by atoms with Gasteiger partial charge in [-0.05, 0) is 63.2 Å². The summed E-state index contributed by atoms with van der Waals surface area (Å²) in [6, 6.07) is 3.29. The van der Waals surface area contributed by atoms with E-state index in [1.54, 1.807) is 22.6 Å². The van der Waals surface area contributed by atoms with Crippen molar-refractivity contribution < 1.29 is 13.2 Å². The second kappa shape index (κ2) is 6.61. The van der Waals surface area contributed by atoms with Gasteiger partial charge in [-0.1, -0.05) is 0 Å². The molecule has 0 amide bonds. The fraction of sp³-hybridized carbons (Fsp3) is 0.722. The van der Waals surface area contributed by atoms with E-state index in [1.807, 2.05) is 0 Å². The van der Waals surface area contributed by atoms with Gasteiger partial charge in [-0.25, -0.2) is 8.42 Å². The molecule has 7 heteroatoms. The fourth-order valence-corrected chi connectivity index (χ4v) is 5.60. The highest BCUT2D eigenvalue weighted by atomic mass is 32.2. The quantitative estimate of drug-likeness (QED) is 0.766. The first kappa shape index (κ1) is 17.4. The summed E-state index contributed by atoms with van der Waals surface area (Å²) in [4.78, 5) is 6.57. The van der Waals surface area contributed by atoms with E-state index in [9.17, 15) is 8.42 Å². The molecule has 1 spiro atoms. The zero-order valence-electron chi connectivity index (χ0n) is 14.8. The molecule has 6 nitrogen and oxygen atoms in total. The van der Waals surface area contributed by atoms with Crippen molar-refractivity contribution >= 4 is 10.0 Å². The van der Waals surface area contributed by atoms with E-state index in [1.165, 1.54) is 19.0 Å². The lowest BCUT2D eigenvalue weighted by atomic mass is 9.77. The molecule has 0 bridgehead atoms. The van der Waals surface area contributed by atoms with E-state index in [0.717, 1.165) is 38.5 Å². The Bertz CT molecular complexity index is 700. The van der Waals surface area contributed by atoms with Crippen molar-refractivity contribution in [2.45, 2.75) is 36.1 Å². The van der Waals surface area contributed by atoms with E-state index >= 15 is 0 Å². The maximum atomic E-state index is 12.7. The van der Waals surface area contributed by atoms with Crippen LogP contribution in [0.3, 0.4) is 0 Å². The molecule has 1 atom stereocenters. The Labute approximate surface area is 150 Å². The number of sulfonamides is 1. The maximum absolute atomic E-state index is 12.7. The van der Waals surface area contributed by atoms with Gasteiger partial charge in [-0.3, -0.25) is 9.88 Å². The molecule has 1 aromatic heterocycles. The third kappa shape index (κ3) is 3.47. The van der Waals surface area contributed by atoms with Crippen LogP contribution in [0.15, 0.2) is 29.4 Å². The summed E-state index contributed by atoms with van der Waals surface area (Å²) in [7, 11) is -1.31. The molecule has 0 N–H and O–H groups in total. The Morgan fingerprint density at radius 1 is 1.24 bits per heavy atom. The number of rotatable bonds is 6. The van der Waals surface area contributed by atoms with E-state index < -0.39 is 10.0 Å². The topological polar surface area (TPSA) is 62.7 Å². The lowest BCUT2D eigenvalue weighted by molar-refractivity contribution is -0.0591. The highest BCUT2D eigenvalue weighted by Crippen LogP contribution is 2.40. The Kier molecular flexibility index (Phi) is 4.60. The van der Waals surface area contributed by atoms with Crippen molar-refractivity contribution in [2.24, 2.45) is 11.8 Å². The van der Waals surface area contributed by atoms with E-state index in [-0.39, 0.29) is 10.4 Å². The van der Waals surface area contributed by atoms with Crippen molar-refractivity contribution in [3.05, 3.63) is 24.5 Å². The number of nitrogens with zero attached hydrogens (tertiary/aromatic N) is 3. The molecule has 1 aliphatic carbocycles. The first-order chi connectivity index (χ1) is 12.0. The molecular formula is C18H27N3O3S. The predicted octanol–water partition coefficient (Wildman–Crippen LogP) is 1.59. The van der Waals surface area contributed by atoms with Crippen molar-refractivity contribution in [3.8, 4) is 0 Å². The molecule has 0 aromatic carbocycles. The monoisotopic (exact) mass is 365 g/mol. The summed E-state index contributed by atoms with van der Waals surface area (Å²) in [5.41, 5.74) is -0.0267. The van der Waals surface area contributed by atoms with Gasteiger partial charge in [0.25, 0.3) is 0 Å². The third-order valence-electron chi connectivity index (χ3n) is 5.97. The molecule has 3 heterocycles. The summed E-state index contributed by atoms with van der Waals surface area (Å²) in [5.74, 6) is 1.34. The zero-order valence-corrected chi connectivity index (χ0v) is 15.6. The van der Waals surface area contributed by atoms with Gasteiger partial charge in [-0.2, -0.15) is 4.31 Å². The number of likely N-dealkylation sites (N-methyl/N-ethyl adjacent to an activating group) is 1. The van der Waals surface area contributed by atoms with Gasteiger partial charge < -0.3 is 4.74 Å². The number of hydrogen-bond donors (Lipinski definition) is 0. The molecule has 138 valence electrons. The molecular weight excluding hydrogens is 338 g/mol. The third-order valence-corrected chi connectivity index (χ3v) is 7.74. The van der Waals surface area contributed by atoms with Gasteiger partial charge in [0.05, 0.1) is 0 Å². The number of likely N-dealkylation sites (tertiary alicyclic amines) is 1. The molecule has 1 saturated carbocycles. The molecule has 1 aromatic rings. The number of pyridine rings is 1. The van der Waals surface area contributed by atoms with Gasteiger partial charge in [0.2, 0.25) is 10.0 Å². The second-order valence-electron chi connectivity index (χ2n) is 7.95. The standard InChI is InChI=1S/C18H27N3O3S/c1-20-8-6-16(12-24-11-15-4-5-15)9-18(20)13-21(14-18)25(22,23)17-3-2-7-19-10-17/h2-3,7,10,15-16H,4-6,8-9,11-14H2,1H3. The van der Waals surface area contributed by atoms with Gasteiger partial charge in [0.15, 0.2) is 0 Å². The number of ether oxygens (including phenoxy) is 1. The van der Waals surface area contributed by atoms with Crippen LogP contribution in [0.5, 0.6) is 0 Å². The van der Waals surface area contributed by atoms with Crippen molar-refractivity contribution in [1.29, 1.82) is 0 Å². The first-order valence-electron chi connectivity index (χ1n) is 9.19. The largest absolute Gasteiger partial charge is 0.381 e. The minimum absolute atomic E-state index is 0.0267. The van der Waals surface area contributed by atoms with Gasteiger partial charge in [0.1, 0.15) is 4.90 Å². The van der Waals surface area contributed by atoms with Crippen molar-refractivity contribution in [3.63, 3.8) is 0 Å². The van der Waals surface area contributed by atoms with E-state index in [2.05, 4.69) is 16.9 Å². The maximum Gasteiger partial charge on any atom is 0.244 e. The molecule has 2 saturated heterocycles. The summed E-state index contributed by atoms with van der Waals surface area (Å²) in [6.07, 6.45) is 7.82. The fourth-order valence-electron chi connectivity index (χ4n) is 4.04. The van der Waals surface area contributed by atoms with Crippen LogP contribution in [-0.2, 0) is 14.8 Å². The van der Waals surface area contributed by atoms with Gasteiger partial charge >= 0.3 is 0 Å². The van der Waals surface area contributed by atoms with Crippen LogP contribution in [0.25, 0.3) is 0 Å². The van der Waals surface area contributed by atoms with Crippen LogP contribution in [-0.4, -0.2) is 68.0 Å². The van der Waals surface area contributed by atoms with Crippen LogP contribution in [0.4, 0.5) is 0 Å². The Morgan fingerprint density at radius 2 is 2.00 bits per heavy atom. The number of aromatic nitrogens is 1. The van der Waals surface area contributed by atoms with Crippen LogP contribution in [0.1, 0.15) is 25.7 Å². The molecule has 2 aliphatic heterocycles. The lowest BCUT2D eigenvalue weighted by Gasteiger charge is -2.57. The summed E-state index contributed by atoms with van der Waals surface area (Å²) < 4.78 is 32.9. The second-order valence-corrected chi connectivity index (χ2v) is 9.89. The highest BCUT2D eigenvalue weighted by molar-refractivity contribution is 7.89. The summed E-state index contributed by atoms with van der Waals surface area (Å²) in [5, 5.41) is 0. The van der Waals surface area contributed by atoms with Crippen LogP contribution in [0, 0.1) is 11.8 Å². The SMILES string of the molecule is CN1CCC(COCC2CC2)CC12CN(S(=O)(=O)c1cccnc1)C2. The minimum Gasteiger partial charge on any atom is -0.381 e. The summed E-state index contributed by atoms with van der Waals surface area (Å²) >= 11 is 0. The normalized spacial score (nSPS) is 27.3. The molecule has 1 unspecified atom stereocenters. The smallest absolute Gasteiger partial charge is 0.244 e. The predicted molar refractivity (Wildman–Crippen MR) is 94.6 cm³/mol. The minimum atomic E-state index is -3.43. The van der Waals surface area contributed by atoms with E-state index in [0.29, 0.717) is 19.0 Å². The molecule has 4 rings (SSSR count). The Morgan fingerprint density at radius 3 is 2.68 bits per heavy atom. The average Bonchev–Trinajstić information content (AvgIpc) is 3.39. The molecule has 3 fully saturated rings. The van der Waals surface area contributed by atoms with Gasteiger partial charge in [0, 0.05) is 44.2 Å². The highest BCUT2D eigenvalue weighted by Gasteiger charge is 2.53. The van der Waals surface area contributed by atoms with Crippen LogP contribution >= 0.6 is 0 Å². The number of piperidine rings is 1. The lowest BCUT2D eigenvalue weighted by Crippen LogP contribution is -2.72. The molecule has 0 radical (unpaired) electrons. The zero-order chi connectivity index (χ0) is 17.5. The molecule has 25 heavy (non-hydrogen) atoms. The van der Waals surface area contributed by atoms with Gasteiger partial charge in [-0.15, -0.1) is 0 Å². The van der Waals surface area contributed by atoms with E-state index in [4.69, 9.17) is 4.74 Å². The number of hydrogen-bond acceptors (Lipinski definition) is 5. The Hall–Kier alpha value is -1.02. The van der Waals surface area contributed by atoms with Crippen molar-refractivity contribution in [1.82, 2.24) is 14.2 Å². The summed E-state index contributed by atoms with van der Waals surface area (Å²) in [6.45, 7) is 3.88. The van der Waals surface area contributed by atoms with Crippen LogP contribution in [0.2, 0.25) is 0 Å².